The largest absolute Gasteiger partial charge is 0.455 e. The third-order valence-electron chi connectivity index (χ3n) is 19.1. The van der Waals surface area contributed by atoms with Crippen molar-refractivity contribution in [2.75, 3.05) is 10.6 Å². The Morgan fingerprint density at radius 3 is 1.40 bits per heavy atom. The van der Waals surface area contributed by atoms with E-state index in [2.05, 4.69) is 108 Å². The number of anilines is 2. The molecule has 4 fully saturated rings. The average Bonchev–Trinajstić information content (AvgIpc) is 1.54. The number of aliphatic hydroxyl groups is 1. The number of aromatic nitrogens is 8. The van der Waals surface area contributed by atoms with E-state index in [0.29, 0.717) is 12.8 Å². The minimum Gasteiger partial charge on any atom is -0.455 e. The zero-order chi connectivity index (χ0) is 65.0. The van der Waals surface area contributed by atoms with Crippen molar-refractivity contribution in [1.82, 2.24) is 39.0 Å². The van der Waals surface area contributed by atoms with Gasteiger partial charge in [-0.15, -0.1) is 0 Å². The molecule has 484 valence electrons. The highest BCUT2D eigenvalue weighted by atomic mass is 28.4. The number of aromatic amines is 2. The number of esters is 1. The van der Waals surface area contributed by atoms with Crippen molar-refractivity contribution in [3.8, 4) is 0 Å². The summed E-state index contributed by atoms with van der Waals surface area (Å²) in [5.74, 6) is -1.75. The quantitative estimate of drug-likeness (QED) is 0.0331. The Morgan fingerprint density at radius 2 is 1.03 bits per heavy atom. The van der Waals surface area contributed by atoms with E-state index in [0.717, 1.165) is 36.8 Å². The summed E-state index contributed by atoms with van der Waals surface area (Å²) in [4.78, 5) is 86.4. The van der Waals surface area contributed by atoms with Gasteiger partial charge in [-0.25, -0.2) is 9.97 Å². The molecule has 8 atom stereocenters. The number of hydrogen-bond acceptors (Lipinski definition) is 17. The number of fused-ring (bicyclic) bond motifs is 2. The Labute approximate surface area is 522 Å². The fourth-order valence-electron chi connectivity index (χ4n) is 11.8. The first-order valence-electron chi connectivity index (χ1n) is 31.2. The lowest BCUT2D eigenvalue weighted by molar-refractivity contribution is -0.184. The van der Waals surface area contributed by atoms with Crippen molar-refractivity contribution in [2.45, 2.75) is 237 Å². The Bertz CT molecular complexity index is 3640. The van der Waals surface area contributed by atoms with E-state index in [-0.39, 0.29) is 81.2 Å². The van der Waals surface area contributed by atoms with Crippen LogP contribution in [0.15, 0.2) is 82.9 Å². The molecule has 6 heterocycles. The second kappa shape index (κ2) is 25.1. The van der Waals surface area contributed by atoms with Crippen molar-refractivity contribution >= 4 is 68.6 Å². The molecule has 2 saturated carbocycles. The van der Waals surface area contributed by atoms with Crippen LogP contribution >= 0.6 is 0 Å². The van der Waals surface area contributed by atoms with Gasteiger partial charge in [-0.1, -0.05) is 144 Å². The van der Waals surface area contributed by atoms with Crippen molar-refractivity contribution in [2.24, 2.45) is 11.8 Å². The number of rotatable bonds is 21. The number of H-pyrrole nitrogens is 2. The Kier molecular flexibility index (Phi) is 18.9. The summed E-state index contributed by atoms with van der Waals surface area (Å²) in [5, 5.41) is 17.2. The van der Waals surface area contributed by atoms with Crippen LogP contribution in [0.25, 0.3) is 22.3 Å². The molecular weight excluding hydrogens is 1170 g/mol. The molecule has 4 aliphatic rings. The number of hydrogen-bond donors (Lipinski definition) is 5. The monoisotopic (exact) mass is 1260 g/mol. The van der Waals surface area contributed by atoms with E-state index >= 15 is 0 Å². The maximum absolute atomic E-state index is 13.1. The van der Waals surface area contributed by atoms with E-state index in [1.807, 2.05) is 74.5 Å². The number of imidazole rings is 2. The minimum atomic E-state index is -2.31. The van der Waals surface area contributed by atoms with Crippen molar-refractivity contribution in [3.63, 3.8) is 0 Å². The SMILES string of the molecule is CC[C@@]1(C2(O[Si](C)(C)C(C)(C)C)CC2)O[C@@H](n2cnc3c(=O)[nH]c(NC(=O)C(C)C)nc32)C(O)[C@H]1OCc1ccccc1.CC[C@@]1(C2(O[Si](C)(C)C(C)(C)C)CC2)O[C@@H](n2cnc3c(=O)[nH]c(NC(=O)C(C)C)nc32)C(OC(C)=O)[C@H]1OCc1ccccc1. The number of aliphatic hydroxyl groups excluding tert-OH is 1. The van der Waals surface area contributed by atoms with E-state index in [4.69, 9.17) is 32.5 Å². The van der Waals surface area contributed by atoms with Gasteiger partial charge in [0.15, 0.2) is 57.5 Å². The normalized spacial score (nSPS) is 24.9. The lowest BCUT2D eigenvalue weighted by atomic mass is 9.84. The summed E-state index contributed by atoms with van der Waals surface area (Å²) in [6.07, 6.45) is 1.55. The molecule has 89 heavy (non-hydrogen) atoms. The van der Waals surface area contributed by atoms with Gasteiger partial charge in [0.25, 0.3) is 11.1 Å². The first-order chi connectivity index (χ1) is 41.7. The highest BCUT2D eigenvalue weighted by molar-refractivity contribution is 6.74. The summed E-state index contributed by atoms with van der Waals surface area (Å²) < 4.78 is 51.0. The average molecular weight is 1270 g/mol. The first-order valence-corrected chi connectivity index (χ1v) is 37.0. The fraction of sp³-hybridized carbons (Fsp3) is 0.609. The van der Waals surface area contributed by atoms with Gasteiger partial charge in [0, 0.05) is 18.8 Å². The zero-order valence-electron chi connectivity index (χ0n) is 54.7. The van der Waals surface area contributed by atoms with Gasteiger partial charge in [0.05, 0.1) is 37.1 Å². The predicted molar refractivity (Wildman–Crippen MR) is 342 cm³/mol. The fourth-order valence-corrected chi connectivity index (χ4v) is 15.1. The van der Waals surface area contributed by atoms with Crippen LogP contribution in [-0.4, -0.2) is 125 Å². The van der Waals surface area contributed by atoms with Gasteiger partial charge in [-0.05, 0) is 85.9 Å². The maximum Gasteiger partial charge on any atom is 0.303 e. The Hall–Kier alpha value is -6.30. The number of nitrogens with zero attached hydrogens (tertiary/aromatic N) is 6. The number of ether oxygens (including phenoxy) is 5. The third-order valence-corrected chi connectivity index (χ3v) is 28.1. The lowest BCUT2D eigenvalue weighted by Crippen LogP contribution is -2.60. The molecule has 2 aromatic carbocycles. The zero-order valence-corrected chi connectivity index (χ0v) is 56.7. The van der Waals surface area contributed by atoms with Crippen LogP contribution in [0, 0.1) is 11.8 Å². The van der Waals surface area contributed by atoms with Crippen LogP contribution in [0.5, 0.6) is 0 Å². The lowest BCUT2D eigenvalue weighted by Gasteiger charge is -2.47. The van der Waals surface area contributed by atoms with Gasteiger partial charge in [0.2, 0.25) is 23.7 Å². The third kappa shape index (κ3) is 13.0. The van der Waals surface area contributed by atoms with E-state index < -0.39 is 93.0 Å². The molecule has 0 radical (unpaired) electrons. The number of amides is 2. The van der Waals surface area contributed by atoms with E-state index in [1.54, 1.807) is 36.8 Å². The van der Waals surface area contributed by atoms with Crippen LogP contribution in [0.2, 0.25) is 36.3 Å². The molecular formula is C64H92N10O13Si2. The topological polar surface area (TPSA) is 287 Å². The van der Waals surface area contributed by atoms with Gasteiger partial charge in [-0.3, -0.25) is 53.7 Å². The van der Waals surface area contributed by atoms with Crippen LogP contribution in [0.1, 0.15) is 152 Å². The Balaban J connectivity index is 0.000000212. The molecule has 2 aliphatic carbocycles. The molecule has 2 aliphatic heterocycles. The van der Waals surface area contributed by atoms with Crippen LogP contribution in [0.4, 0.5) is 11.9 Å². The molecule has 2 unspecified atom stereocenters. The molecule has 2 amide bonds. The minimum absolute atomic E-state index is 0.00370. The van der Waals surface area contributed by atoms with Gasteiger partial charge in [-0.2, -0.15) is 9.97 Å². The second-order valence-corrected chi connectivity index (χ2v) is 37.4. The summed E-state index contributed by atoms with van der Waals surface area (Å²) in [5.41, 5.74) is -1.92. The van der Waals surface area contributed by atoms with Crippen molar-refractivity contribution in [3.05, 3.63) is 105 Å². The Morgan fingerprint density at radius 1 is 0.652 bits per heavy atom. The van der Waals surface area contributed by atoms with E-state index in [9.17, 15) is 29.1 Å². The summed E-state index contributed by atoms with van der Waals surface area (Å²) >= 11 is 0. The molecule has 0 bridgehead atoms. The number of benzene rings is 2. The van der Waals surface area contributed by atoms with Gasteiger partial charge >= 0.3 is 5.97 Å². The summed E-state index contributed by atoms with van der Waals surface area (Å²) in [7, 11) is -4.56. The smallest absolute Gasteiger partial charge is 0.303 e. The van der Waals surface area contributed by atoms with Crippen LogP contribution in [-0.2, 0) is 60.1 Å². The molecule has 4 aromatic heterocycles. The molecule has 5 N–H and O–H groups in total. The number of carbonyl (C=O) groups is 3. The highest BCUT2D eigenvalue weighted by Gasteiger charge is 2.74. The van der Waals surface area contributed by atoms with Crippen LogP contribution in [0.3, 0.4) is 0 Å². The number of nitrogens with one attached hydrogen (secondary N) is 4. The summed E-state index contributed by atoms with van der Waals surface area (Å²) in [6.45, 7) is 35.1. The summed E-state index contributed by atoms with van der Waals surface area (Å²) in [6, 6.07) is 19.6. The highest BCUT2D eigenvalue weighted by Crippen LogP contribution is 2.63. The molecule has 10 rings (SSSR count). The van der Waals surface area contributed by atoms with Gasteiger partial charge < -0.3 is 37.6 Å². The van der Waals surface area contributed by atoms with Crippen molar-refractivity contribution in [1.29, 1.82) is 0 Å². The van der Waals surface area contributed by atoms with Gasteiger partial charge in [0.1, 0.15) is 29.5 Å². The molecule has 23 nitrogen and oxygen atoms in total. The molecule has 0 spiro atoms. The molecule has 25 heteroatoms. The standard InChI is InChI=1S/C33H47N5O7Si.C31H45N5O6Si/c1-10-33(32(16-17-32)45-46(8,9)31(5,6)7)25(42-18-22-14-12-11-13-15-22)24(43-21(4)39)29(44-33)38-19-34-23-26(38)35-30(37-28(23)41)36-27(40)20(2)3;1-9-31(30(15-16-30)42-43(7,8)29(4,5)6)23(40-17-20-13-11-10-12-14-20)22(37)27(41-31)36-18-32-21-24(36)33-28(35-26(21)39)34-25(38)19(2)3/h11-15,19-20,24-25,29H,10,16-18H2,1-9H3,(H2,35,36,37,40,41);10-14,18-19,22-23,27,37H,9,15-17H2,1-8H3,(H2,33,34,35,38,39)/t24?,25-,29-,33-;22?,23-,27-,31-/m11/s1. The first kappa shape index (κ1) is 67.1. The van der Waals surface area contributed by atoms with Crippen LogP contribution < -0.4 is 21.8 Å². The predicted octanol–water partition coefficient (Wildman–Crippen LogP) is 10.4. The molecule has 6 aromatic rings. The maximum atomic E-state index is 13.1. The van der Waals surface area contributed by atoms with E-state index in [1.165, 1.54) is 19.6 Å². The molecule has 2 saturated heterocycles. The number of carbonyl (C=O) groups excluding carboxylic acids is 3. The van der Waals surface area contributed by atoms with Crippen molar-refractivity contribution < 1.29 is 52.0 Å². The second-order valence-electron chi connectivity index (χ2n) is 28.0.